The van der Waals surface area contributed by atoms with Gasteiger partial charge in [-0.2, -0.15) is 0 Å². The van der Waals surface area contributed by atoms with E-state index in [-0.39, 0.29) is 18.8 Å². The number of aryl methyl sites for hydroxylation is 1. The van der Waals surface area contributed by atoms with E-state index >= 15 is 0 Å². The van der Waals surface area contributed by atoms with Crippen LogP contribution in [-0.4, -0.2) is 11.9 Å². The molecule has 3 nitrogen and oxygen atoms in total. The van der Waals surface area contributed by atoms with Gasteiger partial charge in [0.05, 0.1) is 6.42 Å². The first-order valence-electron chi connectivity index (χ1n) is 5.85. The van der Waals surface area contributed by atoms with Crippen LogP contribution in [-0.2, 0) is 20.7 Å². The molecule has 0 bridgehead atoms. The average molecular weight is 234 g/mol. The highest BCUT2D eigenvalue weighted by Crippen LogP contribution is 2.05. The fourth-order valence-corrected chi connectivity index (χ4v) is 1.44. The van der Waals surface area contributed by atoms with Crippen LogP contribution in [0.15, 0.2) is 30.3 Å². The molecule has 0 atom stereocenters. The van der Waals surface area contributed by atoms with Crippen molar-refractivity contribution < 1.29 is 14.3 Å². The van der Waals surface area contributed by atoms with Gasteiger partial charge in [0.15, 0.2) is 0 Å². The highest BCUT2D eigenvalue weighted by atomic mass is 16.6. The normalized spacial score (nSPS) is 10.3. The summed E-state index contributed by atoms with van der Waals surface area (Å²) in [5.41, 5.74) is 1.07. The third-order valence-electron chi connectivity index (χ3n) is 2.26. The van der Waals surface area contributed by atoms with Crippen molar-refractivity contribution in [3.05, 3.63) is 35.9 Å². The van der Waals surface area contributed by atoms with E-state index in [9.17, 15) is 9.59 Å². The van der Waals surface area contributed by atoms with Gasteiger partial charge in [-0.1, -0.05) is 44.2 Å². The second-order valence-electron chi connectivity index (χ2n) is 4.43. The fraction of sp³-hybridized carbons (Fsp3) is 0.429. The zero-order valence-electron chi connectivity index (χ0n) is 10.3. The Labute approximate surface area is 102 Å². The maximum absolute atomic E-state index is 11.4. The average Bonchev–Trinajstić information content (AvgIpc) is 2.26. The van der Waals surface area contributed by atoms with E-state index in [1.807, 2.05) is 44.2 Å². The van der Waals surface area contributed by atoms with Gasteiger partial charge in [-0.25, -0.2) is 0 Å². The number of hydrogen-bond acceptors (Lipinski definition) is 3. The molecule has 92 valence electrons. The molecule has 0 aliphatic rings. The standard InChI is InChI=1S/C14H18O3/c1-11(2)10-14(16)17-13(15)9-8-12-6-4-3-5-7-12/h3-7,11H,8-10H2,1-2H3. The molecular weight excluding hydrogens is 216 g/mol. The molecule has 0 saturated carbocycles. The van der Waals surface area contributed by atoms with E-state index in [4.69, 9.17) is 4.74 Å². The zero-order valence-corrected chi connectivity index (χ0v) is 10.3. The van der Waals surface area contributed by atoms with Crippen molar-refractivity contribution in [1.29, 1.82) is 0 Å². The number of carbonyl (C=O) groups is 2. The fourth-order valence-electron chi connectivity index (χ4n) is 1.44. The van der Waals surface area contributed by atoms with Gasteiger partial charge in [0.1, 0.15) is 0 Å². The number of ether oxygens (including phenoxy) is 1. The number of benzene rings is 1. The Kier molecular flexibility index (Phi) is 5.40. The van der Waals surface area contributed by atoms with Crippen LogP contribution in [0.5, 0.6) is 0 Å². The second-order valence-corrected chi connectivity index (χ2v) is 4.43. The third-order valence-corrected chi connectivity index (χ3v) is 2.26. The molecule has 0 fully saturated rings. The Hall–Kier alpha value is -1.64. The van der Waals surface area contributed by atoms with Crippen molar-refractivity contribution >= 4 is 11.9 Å². The number of esters is 2. The predicted molar refractivity (Wildman–Crippen MR) is 65.3 cm³/mol. The Balaban J connectivity index is 2.28. The van der Waals surface area contributed by atoms with E-state index < -0.39 is 11.9 Å². The summed E-state index contributed by atoms with van der Waals surface area (Å²) in [5.74, 6) is -0.665. The van der Waals surface area contributed by atoms with Crippen LogP contribution < -0.4 is 0 Å². The van der Waals surface area contributed by atoms with E-state index in [1.165, 1.54) is 0 Å². The summed E-state index contributed by atoms with van der Waals surface area (Å²) >= 11 is 0. The molecule has 3 heteroatoms. The lowest BCUT2D eigenvalue weighted by molar-refractivity contribution is -0.160. The van der Waals surface area contributed by atoms with Gasteiger partial charge in [-0.15, -0.1) is 0 Å². The molecule has 17 heavy (non-hydrogen) atoms. The highest BCUT2D eigenvalue weighted by Gasteiger charge is 2.11. The minimum atomic E-state index is -0.445. The number of carbonyl (C=O) groups excluding carboxylic acids is 2. The van der Waals surface area contributed by atoms with E-state index in [0.717, 1.165) is 5.56 Å². The van der Waals surface area contributed by atoms with Crippen molar-refractivity contribution in [1.82, 2.24) is 0 Å². The monoisotopic (exact) mass is 234 g/mol. The quantitative estimate of drug-likeness (QED) is 0.581. The molecule has 0 aliphatic heterocycles. The summed E-state index contributed by atoms with van der Waals surface area (Å²) < 4.78 is 4.71. The molecule has 0 amide bonds. The SMILES string of the molecule is CC(C)CC(=O)OC(=O)CCc1ccccc1. The van der Waals surface area contributed by atoms with Crippen LogP contribution in [0.2, 0.25) is 0 Å². The van der Waals surface area contributed by atoms with E-state index in [1.54, 1.807) is 0 Å². The molecule has 0 aromatic heterocycles. The summed E-state index contributed by atoms with van der Waals surface area (Å²) in [7, 11) is 0. The topological polar surface area (TPSA) is 43.4 Å². The molecule has 0 spiro atoms. The Bertz CT molecular complexity index is 368. The lowest BCUT2D eigenvalue weighted by Gasteiger charge is -2.05. The lowest BCUT2D eigenvalue weighted by atomic mass is 10.1. The summed E-state index contributed by atoms with van der Waals surface area (Å²) in [6, 6.07) is 9.66. The largest absolute Gasteiger partial charge is 0.393 e. The first kappa shape index (κ1) is 13.4. The van der Waals surface area contributed by atoms with E-state index in [0.29, 0.717) is 6.42 Å². The van der Waals surface area contributed by atoms with Crippen LogP contribution in [0.1, 0.15) is 32.3 Å². The molecule has 1 aromatic rings. The van der Waals surface area contributed by atoms with Gasteiger partial charge < -0.3 is 4.74 Å². The predicted octanol–water partition coefficient (Wildman–Crippen LogP) is 2.74. The van der Waals surface area contributed by atoms with Crippen LogP contribution in [0.4, 0.5) is 0 Å². The smallest absolute Gasteiger partial charge is 0.313 e. The first-order chi connectivity index (χ1) is 8.08. The van der Waals surface area contributed by atoms with Crippen LogP contribution in [0.3, 0.4) is 0 Å². The minimum absolute atomic E-state index is 0.212. The molecule has 0 aliphatic carbocycles. The van der Waals surface area contributed by atoms with Crippen LogP contribution >= 0.6 is 0 Å². The van der Waals surface area contributed by atoms with Gasteiger partial charge in [0, 0.05) is 6.42 Å². The maximum Gasteiger partial charge on any atom is 0.313 e. The molecule has 1 aromatic carbocycles. The Morgan fingerprint density at radius 2 is 1.76 bits per heavy atom. The number of rotatable bonds is 5. The maximum atomic E-state index is 11.4. The highest BCUT2D eigenvalue weighted by molar-refractivity contribution is 5.85. The van der Waals surface area contributed by atoms with Crippen molar-refractivity contribution in [2.45, 2.75) is 33.1 Å². The van der Waals surface area contributed by atoms with Crippen molar-refractivity contribution in [2.75, 3.05) is 0 Å². The lowest BCUT2D eigenvalue weighted by Crippen LogP contribution is -2.14. The molecule has 1 rings (SSSR count). The van der Waals surface area contributed by atoms with Gasteiger partial charge in [0.2, 0.25) is 0 Å². The van der Waals surface area contributed by atoms with Gasteiger partial charge in [0.25, 0.3) is 0 Å². The summed E-state index contributed by atoms with van der Waals surface area (Å²) in [5, 5.41) is 0. The molecule has 0 N–H and O–H groups in total. The summed E-state index contributed by atoms with van der Waals surface area (Å²) in [4.78, 5) is 22.6. The first-order valence-corrected chi connectivity index (χ1v) is 5.85. The zero-order chi connectivity index (χ0) is 12.7. The second kappa shape index (κ2) is 6.84. The summed E-state index contributed by atoms with van der Waals surface area (Å²) in [6.07, 6.45) is 1.14. The molecule has 0 saturated heterocycles. The molecule has 0 unspecified atom stereocenters. The van der Waals surface area contributed by atoms with Crippen molar-refractivity contribution in [3.8, 4) is 0 Å². The van der Waals surface area contributed by atoms with Crippen molar-refractivity contribution in [2.24, 2.45) is 5.92 Å². The molecule has 0 heterocycles. The van der Waals surface area contributed by atoms with Crippen LogP contribution in [0, 0.1) is 5.92 Å². The Morgan fingerprint density at radius 3 is 2.35 bits per heavy atom. The van der Waals surface area contributed by atoms with E-state index in [2.05, 4.69) is 0 Å². The van der Waals surface area contributed by atoms with Gasteiger partial charge >= 0.3 is 11.9 Å². The van der Waals surface area contributed by atoms with Gasteiger partial charge in [-0.05, 0) is 17.9 Å². The number of hydrogen-bond donors (Lipinski definition) is 0. The minimum Gasteiger partial charge on any atom is -0.393 e. The Morgan fingerprint density at radius 1 is 1.12 bits per heavy atom. The van der Waals surface area contributed by atoms with Gasteiger partial charge in [-0.3, -0.25) is 9.59 Å². The third kappa shape index (κ3) is 5.85. The van der Waals surface area contributed by atoms with Crippen molar-refractivity contribution in [3.63, 3.8) is 0 Å². The summed E-state index contributed by atoms with van der Waals surface area (Å²) in [6.45, 7) is 3.82. The molecule has 0 radical (unpaired) electrons. The molecular formula is C14H18O3. The van der Waals surface area contributed by atoms with Crippen LogP contribution in [0.25, 0.3) is 0 Å².